The van der Waals surface area contributed by atoms with Crippen LogP contribution in [0.5, 0.6) is 5.75 Å². The number of fused-ring (bicyclic) bond motifs is 1. The van der Waals surface area contributed by atoms with Crippen molar-refractivity contribution < 1.29 is 19.1 Å². The Morgan fingerprint density at radius 3 is 2.78 bits per heavy atom. The molecule has 1 aromatic carbocycles. The summed E-state index contributed by atoms with van der Waals surface area (Å²) in [6.07, 6.45) is 0. The molecule has 0 aliphatic carbocycles. The van der Waals surface area contributed by atoms with Gasteiger partial charge in [-0.05, 0) is 24.1 Å². The number of anilines is 1. The molecule has 1 heterocycles. The SMILES string of the molecule is CC(C)CNC(=O)CN1C(=O)COc2ccc(C(=O)CCl)cc21. The van der Waals surface area contributed by atoms with Crippen LogP contribution < -0.4 is 15.0 Å². The standard InChI is InChI=1S/C16H19ClN2O4/c1-10(2)7-18-15(21)8-19-12-5-11(13(20)6-17)3-4-14(12)23-9-16(19)22/h3-5,10H,6-9H2,1-2H3,(H,18,21). The third kappa shape index (κ3) is 4.22. The van der Waals surface area contributed by atoms with Crippen LogP contribution in [0, 0.1) is 5.92 Å². The summed E-state index contributed by atoms with van der Waals surface area (Å²) >= 11 is 5.56. The molecule has 124 valence electrons. The van der Waals surface area contributed by atoms with Gasteiger partial charge in [0.15, 0.2) is 12.4 Å². The van der Waals surface area contributed by atoms with E-state index in [0.717, 1.165) is 0 Å². The second-order valence-corrected chi connectivity index (χ2v) is 5.97. The highest BCUT2D eigenvalue weighted by Crippen LogP contribution is 2.33. The van der Waals surface area contributed by atoms with Gasteiger partial charge in [0.25, 0.3) is 5.91 Å². The quantitative estimate of drug-likeness (QED) is 0.631. The number of hydrogen-bond acceptors (Lipinski definition) is 4. The summed E-state index contributed by atoms with van der Waals surface area (Å²) in [4.78, 5) is 37.2. The number of nitrogens with zero attached hydrogens (tertiary/aromatic N) is 1. The van der Waals surface area contributed by atoms with Crippen molar-refractivity contribution in [2.24, 2.45) is 5.92 Å². The Hall–Kier alpha value is -2.08. The van der Waals surface area contributed by atoms with Crippen molar-refractivity contribution in [3.05, 3.63) is 23.8 Å². The van der Waals surface area contributed by atoms with Crippen molar-refractivity contribution >= 4 is 34.9 Å². The lowest BCUT2D eigenvalue weighted by atomic mass is 10.1. The lowest BCUT2D eigenvalue weighted by Crippen LogP contribution is -2.45. The van der Waals surface area contributed by atoms with Gasteiger partial charge in [-0.25, -0.2) is 0 Å². The predicted molar refractivity (Wildman–Crippen MR) is 87.2 cm³/mol. The Morgan fingerprint density at radius 1 is 1.39 bits per heavy atom. The number of ketones is 1. The minimum absolute atomic E-state index is 0.111. The van der Waals surface area contributed by atoms with Crippen molar-refractivity contribution in [3.63, 3.8) is 0 Å². The number of ether oxygens (including phenoxy) is 1. The molecule has 1 aromatic rings. The van der Waals surface area contributed by atoms with E-state index in [1.165, 1.54) is 11.0 Å². The van der Waals surface area contributed by atoms with E-state index in [0.29, 0.717) is 29.5 Å². The summed E-state index contributed by atoms with van der Waals surface area (Å²) in [5.74, 6) is -0.201. The summed E-state index contributed by atoms with van der Waals surface area (Å²) in [5.41, 5.74) is 0.793. The first-order valence-electron chi connectivity index (χ1n) is 7.35. The van der Waals surface area contributed by atoms with Crippen LogP contribution in [0.3, 0.4) is 0 Å². The molecule has 0 bridgehead atoms. The van der Waals surface area contributed by atoms with Crippen molar-refractivity contribution in [3.8, 4) is 5.75 Å². The average Bonchev–Trinajstić information content (AvgIpc) is 2.54. The number of amides is 2. The number of alkyl halides is 1. The Labute approximate surface area is 139 Å². The number of halogens is 1. The summed E-state index contributed by atoms with van der Waals surface area (Å²) in [6.45, 7) is 4.27. The molecule has 0 saturated carbocycles. The highest BCUT2D eigenvalue weighted by molar-refractivity contribution is 6.30. The highest BCUT2D eigenvalue weighted by atomic mass is 35.5. The molecule has 0 saturated heterocycles. The van der Waals surface area contributed by atoms with Gasteiger partial charge in [-0.2, -0.15) is 0 Å². The molecule has 0 radical (unpaired) electrons. The maximum absolute atomic E-state index is 12.1. The first kappa shape index (κ1) is 17.3. The Bertz CT molecular complexity index is 631. The summed E-state index contributed by atoms with van der Waals surface area (Å²) in [6, 6.07) is 4.74. The fraction of sp³-hybridized carbons (Fsp3) is 0.438. The number of carbonyl (C=O) groups excluding carboxylic acids is 3. The molecular weight excluding hydrogens is 320 g/mol. The number of nitrogens with one attached hydrogen (secondary N) is 1. The lowest BCUT2D eigenvalue weighted by Gasteiger charge is -2.29. The lowest BCUT2D eigenvalue weighted by molar-refractivity contribution is -0.125. The van der Waals surface area contributed by atoms with Crippen LogP contribution in [0.4, 0.5) is 5.69 Å². The van der Waals surface area contributed by atoms with Gasteiger partial charge in [0, 0.05) is 12.1 Å². The predicted octanol–water partition coefficient (Wildman–Crippen LogP) is 1.61. The molecule has 0 unspecified atom stereocenters. The minimum atomic E-state index is -0.326. The first-order valence-corrected chi connectivity index (χ1v) is 7.89. The molecule has 0 spiro atoms. The Kier molecular flexibility index (Phi) is 5.60. The molecule has 6 nitrogen and oxygen atoms in total. The molecule has 2 rings (SSSR count). The van der Waals surface area contributed by atoms with Crippen molar-refractivity contribution in [1.82, 2.24) is 5.32 Å². The largest absolute Gasteiger partial charge is 0.482 e. The van der Waals surface area contributed by atoms with Gasteiger partial charge >= 0.3 is 0 Å². The van der Waals surface area contributed by atoms with Gasteiger partial charge in [0.2, 0.25) is 5.91 Å². The zero-order valence-electron chi connectivity index (χ0n) is 13.1. The maximum Gasteiger partial charge on any atom is 0.265 e. The Morgan fingerprint density at radius 2 is 2.13 bits per heavy atom. The van der Waals surface area contributed by atoms with E-state index in [1.807, 2.05) is 13.8 Å². The first-order chi connectivity index (χ1) is 10.9. The van der Waals surface area contributed by atoms with E-state index in [2.05, 4.69) is 5.32 Å². The van der Waals surface area contributed by atoms with Crippen LogP contribution in [0.1, 0.15) is 24.2 Å². The van der Waals surface area contributed by atoms with E-state index < -0.39 is 0 Å². The van der Waals surface area contributed by atoms with Crippen LogP contribution in [0.15, 0.2) is 18.2 Å². The molecular formula is C16H19ClN2O4. The summed E-state index contributed by atoms with van der Waals surface area (Å²) < 4.78 is 5.35. The normalized spacial score (nSPS) is 13.6. The monoisotopic (exact) mass is 338 g/mol. The van der Waals surface area contributed by atoms with Crippen molar-refractivity contribution in [1.29, 1.82) is 0 Å². The van der Waals surface area contributed by atoms with Crippen molar-refractivity contribution in [2.45, 2.75) is 13.8 Å². The van der Waals surface area contributed by atoms with E-state index in [4.69, 9.17) is 16.3 Å². The minimum Gasteiger partial charge on any atom is -0.482 e. The van der Waals surface area contributed by atoms with Crippen LogP contribution in [-0.4, -0.2) is 43.2 Å². The van der Waals surface area contributed by atoms with Gasteiger partial charge in [-0.15, -0.1) is 11.6 Å². The number of hydrogen-bond donors (Lipinski definition) is 1. The van der Waals surface area contributed by atoms with E-state index >= 15 is 0 Å². The zero-order valence-corrected chi connectivity index (χ0v) is 13.9. The number of carbonyl (C=O) groups is 3. The van der Waals surface area contributed by atoms with E-state index in [1.54, 1.807) is 12.1 Å². The second kappa shape index (κ2) is 7.46. The Balaban J connectivity index is 2.22. The van der Waals surface area contributed by atoms with Crippen molar-refractivity contribution in [2.75, 3.05) is 30.5 Å². The van der Waals surface area contributed by atoms with E-state index in [-0.39, 0.29) is 36.6 Å². The van der Waals surface area contributed by atoms with Gasteiger partial charge < -0.3 is 10.1 Å². The van der Waals surface area contributed by atoms with Crippen LogP contribution in [-0.2, 0) is 9.59 Å². The van der Waals surface area contributed by atoms with Gasteiger partial charge in [-0.3, -0.25) is 19.3 Å². The summed E-state index contributed by atoms with van der Waals surface area (Å²) in [5, 5.41) is 2.77. The third-order valence-electron chi connectivity index (χ3n) is 3.35. The van der Waals surface area contributed by atoms with Gasteiger partial charge in [0.05, 0.1) is 11.6 Å². The van der Waals surface area contributed by atoms with Gasteiger partial charge in [0.1, 0.15) is 12.3 Å². The zero-order chi connectivity index (χ0) is 17.0. The number of Topliss-reactive ketones (excluding diaryl/α,β-unsaturated/α-hetero) is 1. The fourth-order valence-corrected chi connectivity index (χ4v) is 2.30. The fourth-order valence-electron chi connectivity index (χ4n) is 2.14. The molecule has 1 aliphatic rings. The smallest absolute Gasteiger partial charge is 0.265 e. The van der Waals surface area contributed by atoms with Gasteiger partial charge in [-0.1, -0.05) is 13.8 Å². The second-order valence-electron chi connectivity index (χ2n) is 5.71. The third-order valence-corrected chi connectivity index (χ3v) is 3.60. The number of rotatable bonds is 6. The molecule has 0 aromatic heterocycles. The maximum atomic E-state index is 12.1. The number of benzene rings is 1. The molecule has 1 aliphatic heterocycles. The molecule has 2 amide bonds. The molecule has 0 atom stereocenters. The molecule has 1 N–H and O–H groups in total. The highest BCUT2D eigenvalue weighted by Gasteiger charge is 2.28. The topological polar surface area (TPSA) is 75.7 Å². The summed E-state index contributed by atoms with van der Waals surface area (Å²) in [7, 11) is 0. The molecule has 0 fully saturated rings. The molecule has 23 heavy (non-hydrogen) atoms. The van der Waals surface area contributed by atoms with Crippen LogP contribution in [0.2, 0.25) is 0 Å². The van der Waals surface area contributed by atoms with E-state index in [9.17, 15) is 14.4 Å². The average molecular weight is 339 g/mol. The van der Waals surface area contributed by atoms with Crippen LogP contribution in [0.25, 0.3) is 0 Å². The van der Waals surface area contributed by atoms with Crippen LogP contribution >= 0.6 is 11.6 Å². The molecule has 7 heteroatoms.